The van der Waals surface area contributed by atoms with Gasteiger partial charge in [0.1, 0.15) is 12.1 Å². The fourth-order valence-electron chi connectivity index (χ4n) is 14.3. The van der Waals surface area contributed by atoms with Crippen LogP contribution in [0.5, 0.6) is 0 Å². The van der Waals surface area contributed by atoms with Gasteiger partial charge in [-0.2, -0.15) is 0 Å². The van der Waals surface area contributed by atoms with Gasteiger partial charge in [-0.25, -0.2) is 9.59 Å². The molecule has 8 rings (SSSR count). The Labute approximate surface area is 506 Å². The highest BCUT2D eigenvalue weighted by Gasteiger charge is 2.54. The number of methoxy groups -OCH3 is 2. The number of ether oxygens (including phenoxy) is 2. The number of hydrogen-bond donors (Lipinski definition) is 0. The van der Waals surface area contributed by atoms with Gasteiger partial charge in [0.25, 0.3) is 0 Å². The molecule has 2 aliphatic carbocycles. The minimum absolute atomic E-state index is 0.0287. The van der Waals surface area contributed by atoms with Gasteiger partial charge in [0.05, 0.1) is 31.6 Å². The Bertz CT molecular complexity index is 2920. The predicted molar refractivity (Wildman–Crippen MR) is 339 cm³/mol. The minimum Gasteiger partial charge on any atom is -0.453 e. The first-order valence-corrected chi connectivity index (χ1v) is 30.9. The Morgan fingerprint density at radius 1 is 0.512 bits per heavy atom. The summed E-state index contributed by atoms with van der Waals surface area (Å²) in [5, 5.41) is 0. The zero-order valence-electron chi connectivity index (χ0n) is 56.2. The van der Waals surface area contributed by atoms with Crippen molar-refractivity contribution in [2.45, 2.75) is 212 Å². The maximum absolute atomic E-state index is 14.6. The van der Waals surface area contributed by atoms with Crippen molar-refractivity contribution in [3.05, 3.63) is 127 Å². The molecule has 2 fully saturated rings. The molecule has 13 heteroatoms. The van der Waals surface area contributed by atoms with E-state index in [-0.39, 0.29) is 51.4 Å². The summed E-state index contributed by atoms with van der Waals surface area (Å²) >= 11 is 0. The minimum atomic E-state index is -0.683. The lowest BCUT2D eigenvalue weighted by atomic mass is 9.59. The molecule has 13 nitrogen and oxygen atoms in total. The Kier molecular flexibility index (Phi) is 18.9. The van der Waals surface area contributed by atoms with Crippen LogP contribution in [0, 0.1) is 69.1 Å². The average Bonchev–Trinajstić information content (AvgIpc) is 1.33. The highest BCUT2D eigenvalue weighted by atomic mass is 16.5. The standard InChI is InChI=1S/C36H53N3O3.C35H52N4O3/c1-22-17-24(3)29-25(18-22)13-14-27-19-23(2)21-37-31(27)30(29)26-15-16-39(33(41)42-12)28(20-26)32(40)38(11)36(9,10)35(7,8)34(4,5)6;1-22-17-24(3)28-25(18-22)13-14-26-19-23(2)20-36-29(26)30(28)38-15-16-39(32(41)42-12)27(21-38)31(40)37(11)35(9,10)34(7,8)33(4,5)6/h17-19,21,26,28,30H,13-16,20H2,1-12H3;17-20,27,30H,13-16,21H2,1-12H3/t26?,28-,30?;27-,30?/m11/s1. The van der Waals surface area contributed by atoms with Gasteiger partial charge in [-0.15, -0.1) is 0 Å². The maximum atomic E-state index is 14.6. The van der Waals surface area contributed by atoms with Crippen molar-refractivity contribution in [3.8, 4) is 0 Å². The maximum Gasteiger partial charge on any atom is 0.410 e. The number of piperidine rings is 1. The van der Waals surface area contributed by atoms with Crippen LogP contribution < -0.4 is 0 Å². The monoisotopic (exact) mass is 1150 g/mol. The second-order valence-electron chi connectivity index (χ2n) is 29.6. The number of hydrogen-bond acceptors (Lipinski definition) is 9. The van der Waals surface area contributed by atoms with E-state index in [4.69, 9.17) is 19.4 Å². The van der Waals surface area contributed by atoms with Gasteiger partial charge in [-0.1, -0.05) is 117 Å². The average molecular weight is 1150 g/mol. The van der Waals surface area contributed by atoms with E-state index in [0.717, 1.165) is 49.1 Å². The number of carbonyl (C=O) groups is 4. The van der Waals surface area contributed by atoms with Crippen LogP contribution in [0.3, 0.4) is 0 Å². The molecule has 4 aromatic rings. The molecule has 0 spiro atoms. The Balaban J connectivity index is 0.000000241. The highest BCUT2D eigenvalue weighted by molar-refractivity contribution is 5.87. The van der Waals surface area contributed by atoms with Crippen LogP contribution in [0.2, 0.25) is 0 Å². The van der Waals surface area contributed by atoms with E-state index in [1.807, 2.05) is 36.3 Å². The summed E-state index contributed by atoms with van der Waals surface area (Å²) in [6, 6.07) is 12.4. The molecule has 5 atom stereocenters. The molecule has 2 aliphatic heterocycles. The van der Waals surface area contributed by atoms with Crippen LogP contribution in [0.25, 0.3) is 0 Å². The first kappa shape index (κ1) is 65.7. The molecule has 0 saturated carbocycles. The third-order valence-electron chi connectivity index (χ3n) is 22.4. The topological polar surface area (TPSA) is 129 Å². The molecule has 2 aromatic heterocycles. The van der Waals surface area contributed by atoms with Crippen molar-refractivity contribution in [2.75, 3.05) is 54.5 Å². The van der Waals surface area contributed by atoms with Crippen molar-refractivity contribution in [2.24, 2.45) is 27.6 Å². The normalized spacial score (nSPS) is 20.6. The number of nitrogens with zero attached hydrogens (tertiary/aromatic N) is 7. The van der Waals surface area contributed by atoms with Crippen LogP contribution in [0.4, 0.5) is 9.59 Å². The number of aryl methyl sites for hydroxylation is 10. The van der Waals surface area contributed by atoms with Gasteiger partial charge in [0, 0.05) is 69.7 Å². The number of aromatic nitrogens is 2. The number of amides is 4. The fraction of sp³-hybridized carbons (Fsp3) is 0.634. The number of fused-ring (bicyclic) bond motifs is 4. The van der Waals surface area contributed by atoms with Crippen LogP contribution in [0.15, 0.2) is 48.8 Å². The molecule has 3 unspecified atom stereocenters. The largest absolute Gasteiger partial charge is 0.453 e. The summed E-state index contributed by atoms with van der Waals surface area (Å²) in [7, 11) is 6.59. The van der Waals surface area contributed by atoms with E-state index in [1.54, 1.807) is 9.80 Å². The molecular formula is C71H105N7O6. The number of likely N-dealkylation sites (tertiary alicyclic amines) is 1. The smallest absolute Gasteiger partial charge is 0.410 e. The summed E-state index contributed by atoms with van der Waals surface area (Å²) in [5.41, 5.74) is 16.1. The summed E-state index contributed by atoms with van der Waals surface area (Å²) in [6.45, 7) is 45.6. The Morgan fingerprint density at radius 3 is 1.39 bits per heavy atom. The zero-order valence-corrected chi connectivity index (χ0v) is 56.2. The van der Waals surface area contributed by atoms with E-state index < -0.39 is 35.3 Å². The van der Waals surface area contributed by atoms with Crippen LogP contribution in [-0.2, 0) is 44.7 Å². The van der Waals surface area contributed by atoms with E-state index in [1.165, 1.54) is 75.4 Å². The summed E-state index contributed by atoms with van der Waals surface area (Å²) in [5.74, 6) is 0.121. The van der Waals surface area contributed by atoms with Crippen molar-refractivity contribution in [3.63, 3.8) is 0 Å². The van der Waals surface area contributed by atoms with Gasteiger partial charge in [-0.05, 0) is 191 Å². The lowest BCUT2D eigenvalue weighted by molar-refractivity contribution is -0.151. The fourth-order valence-corrected chi connectivity index (χ4v) is 14.3. The number of carbonyl (C=O) groups excluding carboxylic acids is 4. The van der Waals surface area contributed by atoms with E-state index in [0.29, 0.717) is 32.6 Å². The molecule has 460 valence electrons. The molecule has 2 saturated heterocycles. The second kappa shape index (κ2) is 24.2. The molecule has 0 radical (unpaired) electrons. The summed E-state index contributed by atoms with van der Waals surface area (Å²) in [4.78, 5) is 74.8. The van der Waals surface area contributed by atoms with Gasteiger partial charge >= 0.3 is 12.2 Å². The van der Waals surface area contributed by atoms with E-state index >= 15 is 0 Å². The molecule has 4 heterocycles. The van der Waals surface area contributed by atoms with Gasteiger partial charge < -0.3 is 19.3 Å². The number of likely N-dealkylation sites (N-methyl/N-ethyl adjacent to an activating group) is 2. The third-order valence-corrected chi connectivity index (χ3v) is 22.4. The van der Waals surface area contributed by atoms with Crippen LogP contribution >= 0.6 is 0 Å². The molecule has 84 heavy (non-hydrogen) atoms. The molecule has 2 aromatic carbocycles. The van der Waals surface area contributed by atoms with Crippen LogP contribution in [0.1, 0.15) is 200 Å². The second-order valence-corrected chi connectivity index (χ2v) is 29.6. The predicted octanol–water partition coefficient (Wildman–Crippen LogP) is 13.7. The quantitative estimate of drug-likeness (QED) is 0.169. The summed E-state index contributed by atoms with van der Waals surface area (Å²) in [6.07, 6.45) is 8.22. The summed E-state index contributed by atoms with van der Waals surface area (Å²) < 4.78 is 10.4. The Morgan fingerprint density at radius 2 is 0.917 bits per heavy atom. The molecular weight excluding hydrogens is 1050 g/mol. The van der Waals surface area contributed by atoms with Crippen molar-refractivity contribution in [1.82, 2.24) is 34.5 Å². The van der Waals surface area contributed by atoms with Gasteiger partial charge in [-0.3, -0.25) is 34.3 Å². The molecule has 4 aliphatic rings. The van der Waals surface area contributed by atoms with Crippen molar-refractivity contribution < 1.29 is 28.7 Å². The molecule has 4 amide bonds. The molecule has 0 N–H and O–H groups in total. The number of piperazine rings is 1. The Hall–Kier alpha value is -5.82. The first-order chi connectivity index (χ1) is 38.8. The lowest BCUT2D eigenvalue weighted by Gasteiger charge is -2.55. The SMILES string of the molecule is COC(=O)N1CCC(C2c3ncc(C)cc3CCc3cc(C)cc(C)c32)C[C@@H]1C(=O)N(C)C(C)(C)C(C)(C)C(C)(C)C.COC(=O)N1CCN(C2c3ncc(C)cc3CCc3cc(C)cc(C)c32)C[C@@H]1C(=O)N(C)C(C)(C)C(C)(C)C(C)(C)C. The van der Waals surface area contributed by atoms with E-state index in [9.17, 15) is 19.2 Å². The zero-order chi connectivity index (χ0) is 62.7. The highest BCUT2D eigenvalue weighted by Crippen LogP contribution is 2.52. The third kappa shape index (κ3) is 12.2. The number of pyridine rings is 2. The van der Waals surface area contributed by atoms with Crippen molar-refractivity contribution >= 4 is 24.0 Å². The number of rotatable bonds is 8. The van der Waals surface area contributed by atoms with Gasteiger partial charge in [0.2, 0.25) is 11.8 Å². The van der Waals surface area contributed by atoms with Crippen molar-refractivity contribution in [1.29, 1.82) is 0 Å². The lowest BCUT2D eigenvalue weighted by Crippen LogP contribution is -2.66. The van der Waals surface area contributed by atoms with Crippen LogP contribution in [-0.4, -0.2) is 136 Å². The van der Waals surface area contributed by atoms with Gasteiger partial charge in [0.15, 0.2) is 0 Å². The number of benzene rings is 2. The first-order valence-electron chi connectivity index (χ1n) is 30.9. The molecule has 0 bridgehead atoms. The van der Waals surface area contributed by atoms with E-state index in [2.05, 4.69) is 180 Å².